The number of aliphatic hydroxyl groups excluding tert-OH is 1. The molecule has 1 atom stereocenters. The predicted molar refractivity (Wildman–Crippen MR) is 70.4 cm³/mol. The molecule has 0 heterocycles. The lowest BCUT2D eigenvalue weighted by atomic mass is 10.2. The van der Waals surface area contributed by atoms with E-state index < -0.39 is 16.1 Å². The van der Waals surface area contributed by atoms with E-state index in [9.17, 15) is 8.42 Å². The van der Waals surface area contributed by atoms with Crippen molar-refractivity contribution in [1.82, 2.24) is 4.31 Å². The lowest BCUT2D eigenvalue weighted by molar-refractivity contribution is 0.214. The summed E-state index contributed by atoms with van der Waals surface area (Å²) in [6.45, 7) is 3.28. The van der Waals surface area contributed by atoms with E-state index in [1.54, 1.807) is 19.1 Å². The van der Waals surface area contributed by atoms with E-state index in [4.69, 9.17) is 5.11 Å². The Morgan fingerprint density at radius 3 is 2.59 bits per heavy atom. The third-order valence-corrected chi connectivity index (χ3v) is 5.59. The molecule has 1 aromatic rings. The van der Waals surface area contributed by atoms with Gasteiger partial charge in [-0.2, -0.15) is 4.31 Å². The number of likely N-dealkylation sites (N-methyl/N-ethyl adjacent to an activating group) is 1. The summed E-state index contributed by atoms with van der Waals surface area (Å²) in [7, 11) is -2.11. The first-order valence-corrected chi connectivity index (χ1v) is 7.39. The van der Waals surface area contributed by atoms with E-state index in [2.05, 4.69) is 15.9 Å². The number of rotatable bonds is 4. The minimum Gasteiger partial charge on any atom is -0.395 e. The van der Waals surface area contributed by atoms with Gasteiger partial charge in [-0.25, -0.2) is 8.42 Å². The number of aryl methyl sites for hydroxylation is 1. The zero-order valence-corrected chi connectivity index (χ0v) is 12.4. The quantitative estimate of drug-likeness (QED) is 0.919. The van der Waals surface area contributed by atoms with Gasteiger partial charge in [0.1, 0.15) is 0 Å². The van der Waals surface area contributed by atoms with E-state index >= 15 is 0 Å². The monoisotopic (exact) mass is 321 g/mol. The molecular formula is C11H16BrNO3S. The molecule has 0 aliphatic carbocycles. The highest BCUT2D eigenvalue weighted by Gasteiger charge is 2.26. The van der Waals surface area contributed by atoms with Crippen molar-refractivity contribution >= 4 is 26.0 Å². The summed E-state index contributed by atoms with van der Waals surface area (Å²) in [5, 5.41) is 9.02. The third kappa shape index (κ3) is 3.07. The second-order valence-electron chi connectivity index (χ2n) is 3.99. The van der Waals surface area contributed by atoms with Crippen molar-refractivity contribution in [2.45, 2.75) is 24.8 Å². The molecule has 0 aliphatic heterocycles. The largest absolute Gasteiger partial charge is 0.395 e. The first kappa shape index (κ1) is 14.6. The summed E-state index contributed by atoms with van der Waals surface area (Å²) < 4.78 is 26.3. The van der Waals surface area contributed by atoms with Gasteiger partial charge in [0.25, 0.3) is 0 Å². The van der Waals surface area contributed by atoms with E-state index in [0.717, 1.165) is 5.56 Å². The van der Waals surface area contributed by atoms with E-state index in [0.29, 0.717) is 4.47 Å². The third-order valence-electron chi connectivity index (χ3n) is 2.63. The Labute approximate surface area is 110 Å². The van der Waals surface area contributed by atoms with E-state index in [-0.39, 0.29) is 11.5 Å². The van der Waals surface area contributed by atoms with Crippen LogP contribution < -0.4 is 0 Å². The van der Waals surface area contributed by atoms with Gasteiger partial charge < -0.3 is 5.11 Å². The van der Waals surface area contributed by atoms with E-state index in [1.165, 1.54) is 11.4 Å². The van der Waals surface area contributed by atoms with Gasteiger partial charge in [0, 0.05) is 17.6 Å². The number of hydrogen-bond donors (Lipinski definition) is 1. The van der Waals surface area contributed by atoms with Gasteiger partial charge >= 0.3 is 0 Å². The fourth-order valence-electron chi connectivity index (χ4n) is 1.32. The van der Waals surface area contributed by atoms with Gasteiger partial charge in [-0.1, -0.05) is 6.07 Å². The second-order valence-corrected chi connectivity index (χ2v) is 6.81. The average Bonchev–Trinajstić information content (AvgIpc) is 2.30. The molecule has 1 aromatic carbocycles. The maximum Gasteiger partial charge on any atom is 0.244 e. The maximum atomic E-state index is 12.3. The molecule has 0 spiro atoms. The highest BCUT2D eigenvalue weighted by molar-refractivity contribution is 9.10. The average molecular weight is 322 g/mol. The molecule has 17 heavy (non-hydrogen) atoms. The Morgan fingerprint density at radius 1 is 1.47 bits per heavy atom. The Bertz CT molecular complexity index is 501. The van der Waals surface area contributed by atoms with Crippen LogP contribution in [0, 0.1) is 6.92 Å². The molecule has 0 aliphatic rings. The first-order chi connectivity index (χ1) is 7.80. The minimum absolute atomic E-state index is 0.209. The molecule has 0 aromatic heterocycles. The van der Waals surface area contributed by atoms with Crippen molar-refractivity contribution < 1.29 is 13.5 Å². The zero-order valence-electron chi connectivity index (χ0n) is 10.0. The zero-order chi connectivity index (χ0) is 13.2. The molecule has 6 heteroatoms. The molecule has 0 saturated carbocycles. The van der Waals surface area contributed by atoms with Gasteiger partial charge in [-0.3, -0.25) is 0 Å². The summed E-state index contributed by atoms with van der Waals surface area (Å²) in [4.78, 5) is 0.223. The highest BCUT2D eigenvalue weighted by atomic mass is 79.9. The minimum atomic E-state index is -3.58. The number of sulfonamides is 1. The topological polar surface area (TPSA) is 57.6 Å². The number of hydrogen-bond acceptors (Lipinski definition) is 3. The number of halogens is 1. The number of nitrogens with zero attached hydrogens (tertiary/aromatic N) is 1. The van der Waals surface area contributed by atoms with Crippen molar-refractivity contribution in [3.63, 3.8) is 0 Å². The molecule has 4 nitrogen and oxygen atoms in total. The van der Waals surface area contributed by atoms with Crippen LogP contribution in [-0.2, 0) is 10.0 Å². The molecule has 0 radical (unpaired) electrons. The van der Waals surface area contributed by atoms with Crippen molar-refractivity contribution in [3.05, 3.63) is 28.2 Å². The number of aliphatic hydroxyl groups is 1. The van der Waals surface area contributed by atoms with Crippen molar-refractivity contribution in [1.29, 1.82) is 0 Å². The van der Waals surface area contributed by atoms with Crippen molar-refractivity contribution in [2.24, 2.45) is 0 Å². The van der Waals surface area contributed by atoms with Crippen LogP contribution in [0.2, 0.25) is 0 Å². The van der Waals surface area contributed by atoms with Gasteiger partial charge in [-0.15, -0.1) is 0 Å². The van der Waals surface area contributed by atoms with Crippen LogP contribution in [0.25, 0.3) is 0 Å². The smallest absolute Gasteiger partial charge is 0.244 e. The lowest BCUT2D eigenvalue weighted by Gasteiger charge is -2.23. The van der Waals surface area contributed by atoms with Crippen LogP contribution in [0.4, 0.5) is 0 Å². The van der Waals surface area contributed by atoms with Gasteiger partial charge in [-0.05, 0) is 47.5 Å². The molecule has 0 saturated heterocycles. The molecule has 1 rings (SSSR count). The van der Waals surface area contributed by atoms with Crippen molar-refractivity contribution in [2.75, 3.05) is 13.7 Å². The summed E-state index contributed by atoms with van der Waals surface area (Å²) in [5.74, 6) is 0. The summed E-state index contributed by atoms with van der Waals surface area (Å²) in [6, 6.07) is 4.70. The van der Waals surface area contributed by atoms with Crippen LogP contribution >= 0.6 is 15.9 Å². The number of benzene rings is 1. The second kappa shape index (κ2) is 5.48. The van der Waals surface area contributed by atoms with Gasteiger partial charge in [0.15, 0.2) is 0 Å². The molecular weight excluding hydrogens is 306 g/mol. The van der Waals surface area contributed by atoms with Crippen LogP contribution in [-0.4, -0.2) is 37.5 Å². The molecule has 1 N–H and O–H groups in total. The molecule has 0 amide bonds. The van der Waals surface area contributed by atoms with Crippen LogP contribution in [0.1, 0.15) is 12.5 Å². The van der Waals surface area contributed by atoms with Crippen LogP contribution in [0.15, 0.2) is 27.6 Å². The Hall–Kier alpha value is -0.430. The van der Waals surface area contributed by atoms with Gasteiger partial charge in [0.05, 0.1) is 11.5 Å². The fourth-order valence-corrected chi connectivity index (χ4v) is 3.68. The van der Waals surface area contributed by atoms with Crippen LogP contribution in [0.3, 0.4) is 0 Å². The Balaban J connectivity index is 3.26. The normalized spacial score (nSPS) is 14.0. The summed E-state index contributed by atoms with van der Waals surface area (Å²) in [6.07, 6.45) is 0. The highest BCUT2D eigenvalue weighted by Crippen LogP contribution is 2.26. The molecule has 1 unspecified atom stereocenters. The van der Waals surface area contributed by atoms with Gasteiger partial charge in [0.2, 0.25) is 10.0 Å². The molecule has 96 valence electrons. The summed E-state index contributed by atoms with van der Waals surface area (Å²) in [5.41, 5.74) is 0.872. The standard InChI is InChI=1S/C11H16BrNO3S/c1-8-4-5-10(12)11(6-8)17(15,16)13(3)9(2)7-14/h4-6,9,14H,7H2,1-3H3. The first-order valence-electron chi connectivity index (χ1n) is 5.15. The fraction of sp³-hybridized carbons (Fsp3) is 0.455. The van der Waals surface area contributed by atoms with E-state index in [1.807, 2.05) is 13.0 Å². The Kier molecular flexibility index (Phi) is 4.71. The van der Waals surface area contributed by atoms with Crippen LogP contribution in [0.5, 0.6) is 0 Å². The molecule has 0 fully saturated rings. The van der Waals surface area contributed by atoms with Crippen molar-refractivity contribution in [3.8, 4) is 0 Å². The lowest BCUT2D eigenvalue weighted by Crippen LogP contribution is -2.37. The molecule has 0 bridgehead atoms. The Morgan fingerprint density at radius 2 is 2.06 bits per heavy atom. The SMILES string of the molecule is Cc1ccc(Br)c(S(=O)(=O)N(C)C(C)CO)c1. The maximum absolute atomic E-state index is 12.3. The summed E-state index contributed by atoms with van der Waals surface area (Å²) >= 11 is 3.24. The predicted octanol–water partition coefficient (Wildman–Crippen LogP) is 1.76.